The lowest BCUT2D eigenvalue weighted by Gasteiger charge is -2.36. The molecule has 0 spiro atoms. The molecule has 1 saturated heterocycles. The fraction of sp³-hybridized carbons (Fsp3) is 0.182. The number of anilines is 1. The van der Waals surface area contributed by atoms with Gasteiger partial charge in [-0.25, -0.2) is 9.69 Å². The van der Waals surface area contributed by atoms with Gasteiger partial charge in [0.25, 0.3) is 0 Å². The summed E-state index contributed by atoms with van der Waals surface area (Å²) in [4.78, 5) is 52.5. The first-order valence-corrected chi connectivity index (χ1v) is 10.5. The lowest BCUT2D eigenvalue weighted by molar-refractivity contribution is -0.131. The van der Waals surface area contributed by atoms with Crippen LogP contribution < -0.4 is 25.8 Å². The molecule has 0 bridgehead atoms. The van der Waals surface area contributed by atoms with Gasteiger partial charge < -0.3 is 20.9 Å². The molecule has 3 aliphatic rings. The quantitative estimate of drug-likeness (QED) is 0.404. The summed E-state index contributed by atoms with van der Waals surface area (Å²) in [6, 6.07) is 11.1. The largest absolute Gasteiger partial charge is 0.495 e. The van der Waals surface area contributed by atoms with Crippen molar-refractivity contribution >= 4 is 41.1 Å². The Kier molecular flexibility index (Phi) is 4.48. The maximum atomic E-state index is 13.7. The van der Waals surface area contributed by atoms with Gasteiger partial charge in [-0.1, -0.05) is 30.0 Å². The Morgan fingerprint density at radius 2 is 1.88 bits per heavy atom. The molecule has 2 aromatic carbocycles. The monoisotopic (exact) mass is 451 g/mol. The Hall–Kier alpha value is -3.79. The second-order valence-corrected chi connectivity index (χ2v) is 8.69. The molecular formula is C22H17N3O6S. The molecule has 0 aliphatic carbocycles. The normalized spacial score (nSPS) is 24.0. The molecule has 3 heterocycles. The number of amides is 3. The summed E-state index contributed by atoms with van der Waals surface area (Å²) in [5.74, 6) is -3.44. The minimum Gasteiger partial charge on any atom is -0.495 e. The van der Waals surface area contributed by atoms with Gasteiger partial charge in [0.2, 0.25) is 17.7 Å². The minimum atomic E-state index is -0.884. The van der Waals surface area contributed by atoms with Crippen molar-refractivity contribution in [2.75, 3.05) is 12.0 Å². The fourth-order valence-electron chi connectivity index (χ4n) is 4.46. The summed E-state index contributed by atoms with van der Waals surface area (Å²) in [5.41, 5.74) is 12.6. The summed E-state index contributed by atoms with van der Waals surface area (Å²) >= 11 is 0.967. The van der Waals surface area contributed by atoms with Crippen LogP contribution in [-0.2, 0) is 14.4 Å². The van der Waals surface area contributed by atoms with Gasteiger partial charge >= 0.3 is 5.97 Å². The molecule has 3 aliphatic heterocycles. The SMILES string of the molecule is COc1ccc(C(N)=O)cc1N1C(=O)[C@@H]2[C@H](SC(N)=C3C(=O)Oc4ccccc4[C@H]32)C1=O. The second-order valence-electron chi connectivity index (χ2n) is 7.51. The van der Waals surface area contributed by atoms with Crippen molar-refractivity contribution in [3.8, 4) is 11.5 Å². The molecule has 0 unspecified atom stereocenters. The standard InChI is InChI=1S/C22H17N3O6S/c1-30-13-7-6-9(18(23)26)8-11(13)25-20(27)15-14-10-4-2-3-5-12(10)31-22(29)16(14)19(24)32-17(15)21(25)28/h2-8,14-15,17H,24H2,1H3,(H2,23,26)/t14-,15-,17-/m0/s1. The predicted molar refractivity (Wildman–Crippen MR) is 115 cm³/mol. The molecule has 3 atom stereocenters. The Morgan fingerprint density at radius 3 is 2.59 bits per heavy atom. The van der Waals surface area contributed by atoms with Crippen molar-refractivity contribution in [1.82, 2.24) is 0 Å². The Balaban J connectivity index is 1.66. The maximum absolute atomic E-state index is 13.7. The zero-order valence-electron chi connectivity index (χ0n) is 16.7. The zero-order valence-corrected chi connectivity index (χ0v) is 17.5. The number of primary amides is 1. The molecule has 2 aromatic rings. The second kappa shape index (κ2) is 7.13. The molecule has 32 heavy (non-hydrogen) atoms. The summed E-state index contributed by atoms with van der Waals surface area (Å²) in [6.07, 6.45) is 0. The molecule has 1 fully saturated rings. The van der Waals surface area contributed by atoms with E-state index in [0.717, 1.165) is 16.7 Å². The number of para-hydroxylation sites is 1. The number of imide groups is 1. The molecule has 0 aromatic heterocycles. The van der Waals surface area contributed by atoms with Gasteiger partial charge in [-0.3, -0.25) is 14.4 Å². The lowest BCUT2D eigenvalue weighted by atomic mass is 9.77. The van der Waals surface area contributed by atoms with Crippen molar-refractivity contribution in [3.05, 3.63) is 64.2 Å². The summed E-state index contributed by atoms with van der Waals surface area (Å²) in [7, 11) is 1.39. The number of benzene rings is 2. The first-order valence-electron chi connectivity index (χ1n) is 9.66. The van der Waals surface area contributed by atoms with Crippen LogP contribution in [0.3, 0.4) is 0 Å². The molecule has 0 saturated carbocycles. The van der Waals surface area contributed by atoms with Crippen LogP contribution in [0.1, 0.15) is 21.8 Å². The van der Waals surface area contributed by atoms with E-state index in [0.29, 0.717) is 11.3 Å². The van der Waals surface area contributed by atoms with Gasteiger partial charge in [-0.05, 0) is 24.3 Å². The average molecular weight is 451 g/mol. The number of nitrogens with two attached hydrogens (primary N) is 2. The van der Waals surface area contributed by atoms with Crippen LogP contribution in [0.2, 0.25) is 0 Å². The third-order valence-electron chi connectivity index (χ3n) is 5.87. The molecule has 3 amide bonds. The Labute approximate surface area is 186 Å². The van der Waals surface area contributed by atoms with Gasteiger partial charge in [-0.2, -0.15) is 0 Å². The number of carbonyl (C=O) groups excluding carboxylic acids is 4. The van der Waals surface area contributed by atoms with E-state index in [9.17, 15) is 19.2 Å². The summed E-state index contributed by atoms with van der Waals surface area (Å²) in [5, 5.41) is -0.700. The van der Waals surface area contributed by atoms with Crippen molar-refractivity contribution < 1.29 is 28.7 Å². The number of esters is 1. The van der Waals surface area contributed by atoms with E-state index in [1.165, 1.54) is 25.3 Å². The van der Waals surface area contributed by atoms with Crippen LogP contribution in [0.25, 0.3) is 0 Å². The Bertz CT molecular complexity index is 1260. The molecular weight excluding hydrogens is 434 g/mol. The van der Waals surface area contributed by atoms with Crippen molar-refractivity contribution in [3.63, 3.8) is 0 Å². The van der Waals surface area contributed by atoms with Gasteiger partial charge in [-0.15, -0.1) is 0 Å². The zero-order chi connectivity index (χ0) is 22.7. The van der Waals surface area contributed by atoms with E-state index in [2.05, 4.69) is 0 Å². The van der Waals surface area contributed by atoms with E-state index in [1.807, 2.05) is 0 Å². The summed E-state index contributed by atoms with van der Waals surface area (Å²) < 4.78 is 10.7. The number of rotatable bonds is 3. The van der Waals surface area contributed by atoms with E-state index >= 15 is 0 Å². The van der Waals surface area contributed by atoms with E-state index in [4.69, 9.17) is 20.9 Å². The highest BCUT2D eigenvalue weighted by Gasteiger charge is 2.59. The number of fused-ring (bicyclic) bond motifs is 5. The third kappa shape index (κ3) is 2.72. The first-order chi connectivity index (χ1) is 15.3. The van der Waals surface area contributed by atoms with Crippen LogP contribution in [0, 0.1) is 5.92 Å². The minimum absolute atomic E-state index is 0.112. The van der Waals surface area contributed by atoms with E-state index in [-0.39, 0.29) is 27.6 Å². The molecule has 0 radical (unpaired) electrons. The maximum Gasteiger partial charge on any atom is 0.342 e. The number of carbonyl (C=O) groups is 4. The van der Waals surface area contributed by atoms with Crippen molar-refractivity contribution in [1.29, 1.82) is 0 Å². The van der Waals surface area contributed by atoms with Gasteiger partial charge in [0, 0.05) is 17.0 Å². The van der Waals surface area contributed by atoms with Crippen molar-refractivity contribution in [2.24, 2.45) is 17.4 Å². The number of thioether (sulfide) groups is 1. The number of methoxy groups -OCH3 is 1. The Morgan fingerprint density at radius 1 is 1.12 bits per heavy atom. The topological polar surface area (TPSA) is 142 Å². The fourth-order valence-corrected chi connectivity index (χ4v) is 5.70. The van der Waals surface area contributed by atoms with Gasteiger partial charge in [0.05, 0.1) is 29.3 Å². The highest BCUT2D eigenvalue weighted by molar-refractivity contribution is 8.04. The highest BCUT2D eigenvalue weighted by Crippen LogP contribution is 2.55. The highest BCUT2D eigenvalue weighted by atomic mass is 32.2. The molecule has 5 rings (SSSR count). The number of ether oxygens (including phenoxy) is 2. The molecule has 10 heteroatoms. The molecule has 4 N–H and O–H groups in total. The molecule has 162 valence electrons. The smallest absolute Gasteiger partial charge is 0.342 e. The van der Waals surface area contributed by atoms with Gasteiger partial charge in [0.15, 0.2) is 0 Å². The number of nitrogens with zero attached hydrogens (tertiary/aromatic N) is 1. The lowest BCUT2D eigenvalue weighted by Crippen LogP contribution is -2.39. The van der Waals surface area contributed by atoms with Crippen LogP contribution in [0.4, 0.5) is 5.69 Å². The van der Waals surface area contributed by atoms with Gasteiger partial charge in [0.1, 0.15) is 16.7 Å². The van der Waals surface area contributed by atoms with Crippen LogP contribution in [0.15, 0.2) is 53.1 Å². The van der Waals surface area contributed by atoms with Crippen LogP contribution in [-0.4, -0.2) is 36.1 Å². The van der Waals surface area contributed by atoms with Crippen molar-refractivity contribution in [2.45, 2.75) is 11.2 Å². The first kappa shape index (κ1) is 20.1. The number of hydrogen-bond acceptors (Lipinski definition) is 8. The predicted octanol–water partition coefficient (Wildman–Crippen LogP) is 1.27. The molecule has 9 nitrogen and oxygen atoms in total. The van der Waals surface area contributed by atoms with E-state index < -0.39 is 40.8 Å². The summed E-state index contributed by atoms with van der Waals surface area (Å²) in [6.45, 7) is 0. The average Bonchev–Trinajstić information content (AvgIpc) is 3.02. The van der Waals surface area contributed by atoms with Crippen LogP contribution in [0.5, 0.6) is 11.5 Å². The third-order valence-corrected chi connectivity index (χ3v) is 7.09. The number of hydrogen-bond donors (Lipinski definition) is 2. The van der Waals surface area contributed by atoms with Crippen LogP contribution >= 0.6 is 11.8 Å². The van der Waals surface area contributed by atoms with E-state index in [1.54, 1.807) is 24.3 Å².